The molecular weight excluding hydrogens is 199 g/mol. The second kappa shape index (κ2) is 2.56. The normalized spacial score (nSPS) is 9.71. The Morgan fingerprint density at radius 2 is 1.86 bits per heavy atom. The molecule has 0 rings (SSSR count). The number of hydrogen-bond donors (Lipinski definition) is 0. The van der Waals surface area contributed by atoms with E-state index in [9.17, 15) is 0 Å². The number of halogens is 1. The Bertz CT molecular complexity index is 97.6. The van der Waals surface area contributed by atoms with E-state index in [1.807, 2.05) is 6.92 Å². The second-order valence-corrected chi connectivity index (χ2v) is 4.54. The summed E-state index contributed by atoms with van der Waals surface area (Å²) in [6.07, 6.45) is 0. The van der Waals surface area contributed by atoms with Crippen LogP contribution in [0.15, 0.2) is 0 Å². The monoisotopic (exact) mass is 208 g/mol. The lowest BCUT2D eigenvalue weighted by Crippen LogP contribution is -2.02. The molecule has 0 atom stereocenters. The first-order valence-corrected chi connectivity index (χ1v) is 3.27. The maximum absolute atomic E-state index is 3.02. The Kier molecular flexibility index (Phi) is 2.67. The maximum atomic E-state index is 3.02. The van der Waals surface area contributed by atoms with Gasteiger partial charge in [0.15, 0.2) is 0 Å². The minimum Gasteiger partial charge on any atom is -0.105 e. The molecule has 40 valence electrons. The van der Waals surface area contributed by atoms with Gasteiger partial charge in [-0.2, -0.15) is 0 Å². The molecule has 0 radical (unpaired) electrons. The summed E-state index contributed by atoms with van der Waals surface area (Å²) in [5.74, 6) is 5.87. The van der Waals surface area contributed by atoms with Crippen molar-refractivity contribution < 1.29 is 0 Å². The molecule has 0 aromatic heterocycles. The largest absolute Gasteiger partial charge is 0.105 e. The number of alkyl halides is 1. The molecule has 1 heteroatoms. The molecule has 0 heterocycles. The van der Waals surface area contributed by atoms with Gasteiger partial charge < -0.3 is 0 Å². The lowest BCUT2D eigenvalue weighted by Gasteiger charge is -2.02. The van der Waals surface area contributed by atoms with Gasteiger partial charge in [0.1, 0.15) is 0 Å². The lowest BCUT2D eigenvalue weighted by atomic mass is 10.2. The highest BCUT2D eigenvalue weighted by molar-refractivity contribution is 14.1. The summed E-state index contributed by atoms with van der Waals surface area (Å²) in [6, 6.07) is 0. The molecule has 0 saturated heterocycles. The summed E-state index contributed by atoms with van der Waals surface area (Å²) >= 11 is 2.30. The number of hydrogen-bond acceptors (Lipinski definition) is 0. The molecule has 0 aromatic rings. The van der Waals surface area contributed by atoms with E-state index in [0.717, 1.165) is 0 Å². The van der Waals surface area contributed by atoms with E-state index in [0.29, 0.717) is 0 Å². The van der Waals surface area contributed by atoms with Crippen molar-refractivity contribution in [2.75, 3.05) is 0 Å². The van der Waals surface area contributed by atoms with Gasteiger partial charge in [0.25, 0.3) is 0 Å². The van der Waals surface area contributed by atoms with Gasteiger partial charge in [-0.1, -0.05) is 28.5 Å². The third-order valence-corrected chi connectivity index (χ3v) is 0.692. The van der Waals surface area contributed by atoms with Crippen LogP contribution in [0.1, 0.15) is 20.8 Å². The average molecular weight is 208 g/mol. The van der Waals surface area contributed by atoms with E-state index >= 15 is 0 Å². The Morgan fingerprint density at radius 3 is 1.86 bits per heavy atom. The van der Waals surface area contributed by atoms with E-state index in [1.54, 1.807) is 0 Å². The van der Waals surface area contributed by atoms with Crippen LogP contribution in [0.3, 0.4) is 0 Å². The maximum Gasteiger partial charge on any atom is 0.0770 e. The van der Waals surface area contributed by atoms with E-state index in [-0.39, 0.29) is 3.42 Å². The highest BCUT2D eigenvalue weighted by atomic mass is 127. The fourth-order valence-corrected chi connectivity index (χ4v) is 0.567. The molecule has 0 fully saturated rings. The van der Waals surface area contributed by atoms with Gasteiger partial charge in [0.2, 0.25) is 0 Å². The Labute approximate surface area is 58.8 Å². The molecule has 0 saturated carbocycles. The molecule has 0 aliphatic heterocycles. The summed E-state index contributed by atoms with van der Waals surface area (Å²) in [6.45, 7) is 6.04. The van der Waals surface area contributed by atoms with Crippen LogP contribution >= 0.6 is 22.6 Å². The van der Waals surface area contributed by atoms with Crippen molar-refractivity contribution in [3.63, 3.8) is 0 Å². The molecule has 0 N–H and O–H groups in total. The lowest BCUT2D eigenvalue weighted by molar-refractivity contribution is 0.980. The van der Waals surface area contributed by atoms with E-state index < -0.39 is 0 Å². The van der Waals surface area contributed by atoms with Gasteiger partial charge >= 0.3 is 0 Å². The Hall–Kier alpha value is 0.290. The summed E-state index contributed by atoms with van der Waals surface area (Å²) < 4.78 is 0.159. The van der Waals surface area contributed by atoms with Gasteiger partial charge in [-0.3, -0.25) is 0 Å². The quantitative estimate of drug-likeness (QED) is 0.325. The van der Waals surface area contributed by atoms with Gasteiger partial charge in [-0.15, -0.1) is 5.92 Å². The molecule has 0 spiro atoms. The predicted molar refractivity (Wildman–Crippen MR) is 41.5 cm³/mol. The van der Waals surface area contributed by atoms with Crippen LogP contribution in [0, 0.1) is 11.8 Å². The predicted octanol–water partition coefficient (Wildman–Crippen LogP) is 2.22. The molecule has 0 aliphatic carbocycles. The van der Waals surface area contributed by atoms with Crippen LogP contribution in [-0.4, -0.2) is 3.42 Å². The summed E-state index contributed by atoms with van der Waals surface area (Å²) in [7, 11) is 0. The van der Waals surface area contributed by atoms with Crippen LogP contribution in [-0.2, 0) is 0 Å². The molecular formula is C6H9I. The highest BCUT2D eigenvalue weighted by Crippen LogP contribution is 2.13. The molecule has 0 aliphatic rings. The Balaban J connectivity index is 3.72. The van der Waals surface area contributed by atoms with E-state index in [2.05, 4.69) is 48.3 Å². The standard InChI is InChI=1S/C6H9I/c1-4-5-6(2,3)7/h1-3H3. The van der Waals surface area contributed by atoms with Crippen molar-refractivity contribution in [3.05, 3.63) is 0 Å². The van der Waals surface area contributed by atoms with Crippen LogP contribution < -0.4 is 0 Å². The SMILES string of the molecule is CC#CC(C)(C)I. The van der Waals surface area contributed by atoms with Gasteiger partial charge in [0, 0.05) is 0 Å². The van der Waals surface area contributed by atoms with E-state index in [4.69, 9.17) is 0 Å². The first-order valence-electron chi connectivity index (χ1n) is 2.19. The van der Waals surface area contributed by atoms with Crippen molar-refractivity contribution >= 4 is 22.6 Å². The topological polar surface area (TPSA) is 0 Å². The molecule has 0 unspecified atom stereocenters. The van der Waals surface area contributed by atoms with Crippen LogP contribution in [0.4, 0.5) is 0 Å². The fourth-order valence-electron chi connectivity index (χ4n) is 0.297. The summed E-state index contributed by atoms with van der Waals surface area (Å²) in [5.41, 5.74) is 0. The summed E-state index contributed by atoms with van der Waals surface area (Å²) in [4.78, 5) is 0. The van der Waals surface area contributed by atoms with Crippen molar-refractivity contribution in [2.45, 2.75) is 24.2 Å². The zero-order valence-corrected chi connectivity index (χ0v) is 7.04. The third-order valence-electron chi connectivity index (χ3n) is 0.422. The fraction of sp³-hybridized carbons (Fsp3) is 0.667. The van der Waals surface area contributed by atoms with Gasteiger partial charge in [0.05, 0.1) is 3.42 Å². The zero-order valence-electron chi connectivity index (χ0n) is 4.88. The average Bonchev–Trinajstić information content (AvgIpc) is 1.30. The van der Waals surface area contributed by atoms with Crippen LogP contribution in [0.2, 0.25) is 0 Å². The molecule has 0 bridgehead atoms. The first kappa shape index (κ1) is 7.29. The molecule has 0 aromatic carbocycles. The van der Waals surface area contributed by atoms with Crippen LogP contribution in [0.5, 0.6) is 0 Å². The Morgan fingerprint density at radius 1 is 1.43 bits per heavy atom. The van der Waals surface area contributed by atoms with Crippen molar-refractivity contribution in [2.24, 2.45) is 0 Å². The molecule has 7 heavy (non-hydrogen) atoms. The van der Waals surface area contributed by atoms with Crippen molar-refractivity contribution in [1.82, 2.24) is 0 Å². The molecule has 0 amide bonds. The van der Waals surface area contributed by atoms with Crippen LogP contribution in [0.25, 0.3) is 0 Å². The smallest absolute Gasteiger partial charge is 0.0770 e. The molecule has 0 nitrogen and oxygen atoms in total. The number of rotatable bonds is 0. The minimum absolute atomic E-state index is 0.159. The highest BCUT2D eigenvalue weighted by Gasteiger charge is 2.04. The summed E-state index contributed by atoms with van der Waals surface area (Å²) in [5, 5.41) is 0. The third kappa shape index (κ3) is 6.29. The van der Waals surface area contributed by atoms with Gasteiger partial charge in [-0.25, -0.2) is 0 Å². The van der Waals surface area contributed by atoms with Gasteiger partial charge in [-0.05, 0) is 20.8 Å². The minimum atomic E-state index is 0.159. The van der Waals surface area contributed by atoms with Crippen molar-refractivity contribution in [3.8, 4) is 11.8 Å². The van der Waals surface area contributed by atoms with E-state index in [1.165, 1.54) is 0 Å². The zero-order chi connectivity index (χ0) is 5.91. The first-order chi connectivity index (χ1) is 3.06. The second-order valence-electron chi connectivity index (χ2n) is 1.85. The van der Waals surface area contributed by atoms with Crippen molar-refractivity contribution in [1.29, 1.82) is 0 Å².